The zero-order valence-electron chi connectivity index (χ0n) is 14.0. The molecule has 1 aliphatic heterocycles. The van der Waals surface area contributed by atoms with E-state index in [1.807, 2.05) is 6.07 Å². The molecule has 136 valence electrons. The van der Waals surface area contributed by atoms with E-state index in [9.17, 15) is 18.1 Å². The minimum absolute atomic E-state index is 0.0724. The average molecular weight is 363 g/mol. The summed E-state index contributed by atoms with van der Waals surface area (Å²) in [6.45, 7) is 2.50. The molecule has 0 bridgehead atoms. The lowest BCUT2D eigenvalue weighted by atomic mass is 10.1. The van der Waals surface area contributed by atoms with Crippen molar-refractivity contribution < 1.29 is 22.6 Å². The minimum atomic E-state index is -4.65. The van der Waals surface area contributed by atoms with Crippen LogP contribution in [0.4, 0.5) is 18.9 Å². The summed E-state index contributed by atoms with van der Waals surface area (Å²) < 4.78 is 50.1. The molecule has 0 unspecified atom stereocenters. The Balaban J connectivity index is 1.76. The van der Waals surface area contributed by atoms with Gasteiger partial charge in [0.15, 0.2) is 0 Å². The summed E-state index contributed by atoms with van der Waals surface area (Å²) in [4.78, 5) is 10.5. The van der Waals surface area contributed by atoms with E-state index in [1.54, 1.807) is 12.1 Å². The maximum atomic E-state index is 13.0. The van der Waals surface area contributed by atoms with Crippen LogP contribution in [0.5, 0.6) is 11.5 Å². The van der Waals surface area contributed by atoms with Crippen molar-refractivity contribution >= 4 is 11.8 Å². The third-order valence-electron chi connectivity index (χ3n) is 4.08. The van der Waals surface area contributed by atoms with Gasteiger partial charge in [-0.1, -0.05) is 13.0 Å². The highest BCUT2D eigenvalue weighted by Crippen LogP contribution is 2.37. The van der Waals surface area contributed by atoms with Crippen molar-refractivity contribution in [2.24, 2.45) is 5.18 Å². The van der Waals surface area contributed by atoms with E-state index < -0.39 is 17.4 Å². The molecule has 1 aliphatic rings. The summed E-state index contributed by atoms with van der Waals surface area (Å²) in [5.74, 6) is 1.17. The Kier molecular flexibility index (Phi) is 4.97. The van der Waals surface area contributed by atoms with Crippen LogP contribution < -0.4 is 9.47 Å². The van der Waals surface area contributed by atoms with E-state index in [2.05, 4.69) is 18.2 Å². The molecule has 4 nitrogen and oxygen atoms in total. The Morgan fingerprint density at radius 3 is 2.69 bits per heavy atom. The summed E-state index contributed by atoms with van der Waals surface area (Å²) in [6.07, 6.45) is -1.68. The highest BCUT2D eigenvalue weighted by Gasteiger charge is 2.34. The first-order valence-electron chi connectivity index (χ1n) is 8.03. The van der Waals surface area contributed by atoms with Gasteiger partial charge in [-0.05, 0) is 53.1 Å². The van der Waals surface area contributed by atoms with Gasteiger partial charge in [0.1, 0.15) is 30.4 Å². The first-order valence-corrected chi connectivity index (χ1v) is 8.03. The number of alkyl halides is 3. The Morgan fingerprint density at radius 2 is 2.00 bits per heavy atom. The van der Waals surface area contributed by atoms with Gasteiger partial charge >= 0.3 is 6.18 Å². The molecule has 0 spiro atoms. The Bertz CT molecular complexity index is 860. The molecular weight excluding hydrogens is 347 g/mol. The van der Waals surface area contributed by atoms with E-state index >= 15 is 0 Å². The van der Waals surface area contributed by atoms with E-state index in [1.165, 1.54) is 11.6 Å². The lowest BCUT2D eigenvalue weighted by Gasteiger charge is -2.18. The second kappa shape index (κ2) is 7.19. The molecule has 0 N–H and O–H groups in total. The second-order valence-electron chi connectivity index (χ2n) is 5.87. The molecule has 0 saturated carbocycles. The van der Waals surface area contributed by atoms with Crippen LogP contribution in [0, 0.1) is 4.91 Å². The van der Waals surface area contributed by atoms with Crippen LogP contribution >= 0.6 is 0 Å². The van der Waals surface area contributed by atoms with Gasteiger partial charge in [-0.2, -0.15) is 13.2 Å². The molecule has 0 aliphatic carbocycles. The summed E-state index contributed by atoms with van der Waals surface area (Å²) in [5.41, 5.74) is 0.717. The van der Waals surface area contributed by atoms with Crippen LogP contribution in [0.3, 0.4) is 0 Å². The van der Waals surface area contributed by atoms with E-state index in [0.29, 0.717) is 18.1 Å². The lowest BCUT2D eigenvalue weighted by Crippen LogP contribution is -2.08. The molecule has 1 heterocycles. The summed E-state index contributed by atoms with van der Waals surface area (Å²) >= 11 is 0. The number of halogens is 3. The molecule has 26 heavy (non-hydrogen) atoms. The Morgan fingerprint density at radius 1 is 1.19 bits per heavy atom. The van der Waals surface area contributed by atoms with E-state index in [4.69, 9.17) is 9.47 Å². The molecule has 2 aromatic rings. The van der Waals surface area contributed by atoms with Crippen molar-refractivity contribution in [1.82, 2.24) is 0 Å². The molecule has 0 fully saturated rings. The van der Waals surface area contributed by atoms with Gasteiger partial charge in [0.05, 0.1) is 5.56 Å². The quantitative estimate of drug-likeness (QED) is 0.624. The van der Waals surface area contributed by atoms with Gasteiger partial charge < -0.3 is 9.47 Å². The van der Waals surface area contributed by atoms with Crippen molar-refractivity contribution in [3.63, 3.8) is 0 Å². The van der Waals surface area contributed by atoms with Gasteiger partial charge in [-0.3, -0.25) is 0 Å². The zero-order chi connectivity index (χ0) is 18.7. The predicted octanol–water partition coefficient (Wildman–Crippen LogP) is 5.87. The number of nitrogens with zero attached hydrogens (tertiary/aromatic N) is 1. The zero-order valence-corrected chi connectivity index (χ0v) is 14.0. The fourth-order valence-electron chi connectivity index (χ4n) is 2.63. The molecule has 2 aromatic carbocycles. The molecular formula is C19H16F3NO3. The summed E-state index contributed by atoms with van der Waals surface area (Å²) in [5, 5.41) is 2.42. The molecule has 0 atom stereocenters. The maximum absolute atomic E-state index is 13.0. The predicted molar refractivity (Wildman–Crippen MR) is 91.4 cm³/mol. The van der Waals surface area contributed by atoms with Crippen molar-refractivity contribution in [3.05, 3.63) is 63.6 Å². The number of ether oxygens (including phenoxy) is 2. The number of hydrogen-bond donors (Lipinski definition) is 0. The van der Waals surface area contributed by atoms with E-state index in [-0.39, 0.29) is 12.2 Å². The normalized spacial score (nSPS) is 13.5. The fourth-order valence-corrected chi connectivity index (χ4v) is 2.63. The van der Waals surface area contributed by atoms with Crippen LogP contribution in [-0.2, 0) is 12.8 Å². The van der Waals surface area contributed by atoms with Gasteiger partial charge in [-0.15, -0.1) is 4.91 Å². The van der Waals surface area contributed by atoms with Crippen LogP contribution in [-0.4, -0.2) is 6.61 Å². The SMILES string of the molecule is CCC1=Cc2ccc(OCc3ccc(N=O)c(C(F)(F)F)c3)cc2OC1. The third kappa shape index (κ3) is 3.87. The van der Waals surface area contributed by atoms with Crippen LogP contribution in [0.25, 0.3) is 6.08 Å². The fraction of sp³-hybridized carbons (Fsp3) is 0.263. The number of benzene rings is 2. The molecule has 0 amide bonds. The van der Waals surface area contributed by atoms with Crippen LogP contribution in [0.15, 0.2) is 47.1 Å². The average Bonchev–Trinajstić information content (AvgIpc) is 2.64. The topological polar surface area (TPSA) is 47.9 Å². The maximum Gasteiger partial charge on any atom is 0.418 e. The smallest absolute Gasteiger partial charge is 0.418 e. The minimum Gasteiger partial charge on any atom is -0.489 e. The monoisotopic (exact) mass is 363 g/mol. The third-order valence-corrected chi connectivity index (χ3v) is 4.08. The second-order valence-corrected chi connectivity index (χ2v) is 5.87. The van der Waals surface area contributed by atoms with Gasteiger partial charge in [0, 0.05) is 11.6 Å². The molecule has 0 radical (unpaired) electrons. The van der Waals surface area contributed by atoms with Crippen LogP contribution in [0.2, 0.25) is 0 Å². The van der Waals surface area contributed by atoms with Gasteiger partial charge in [-0.25, -0.2) is 0 Å². The van der Waals surface area contributed by atoms with Crippen molar-refractivity contribution in [2.75, 3.05) is 6.61 Å². The van der Waals surface area contributed by atoms with Crippen molar-refractivity contribution in [2.45, 2.75) is 26.1 Å². The molecule has 0 aromatic heterocycles. The first kappa shape index (κ1) is 18.0. The number of hydrogen-bond acceptors (Lipinski definition) is 4. The number of rotatable bonds is 5. The standard InChI is InChI=1S/C19H16F3NO3/c1-2-12-7-14-4-5-15(9-18(14)26-10-12)25-11-13-3-6-17(23-24)16(8-13)19(20,21)22/h3-9H,2,10-11H2,1H3. The van der Waals surface area contributed by atoms with Gasteiger partial charge in [0.2, 0.25) is 0 Å². The Labute approximate surface area is 148 Å². The van der Waals surface area contributed by atoms with Crippen molar-refractivity contribution in [3.8, 4) is 11.5 Å². The van der Waals surface area contributed by atoms with Gasteiger partial charge in [0.25, 0.3) is 0 Å². The van der Waals surface area contributed by atoms with Crippen molar-refractivity contribution in [1.29, 1.82) is 0 Å². The summed E-state index contributed by atoms with van der Waals surface area (Å²) in [7, 11) is 0. The molecule has 0 saturated heterocycles. The van der Waals surface area contributed by atoms with Crippen LogP contribution in [0.1, 0.15) is 30.0 Å². The molecule has 7 heteroatoms. The lowest BCUT2D eigenvalue weighted by molar-refractivity contribution is -0.137. The number of fused-ring (bicyclic) bond motifs is 1. The Hall–Kier alpha value is -2.83. The summed E-state index contributed by atoms with van der Waals surface area (Å²) in [6, 6.07) is 8.61. The highest BCUT2D eigenvalue weighted by atomic mass is 19.4. The number of nitroso groups, excluding NO2 is 1. The molecule has 3 rings (SSSR count). The highest BCUT2D eigenvalue weighted by molar-refractivity contribution is 5.63. The first-order chi connectivity index (χ1) is 12.4. The van der Waals surface area contributed by atoms with E-state index in [0.717, 1.165) is 24.1 Å². The largest absolute Gasteiger partial charge is 0.489 e.